The van der Waals surface area contributed by atoms with Crippen molar-refractivity contribution in [1.82, 2.24) is 14.5 Å². The van der Waals surface area contributed by atoms with E-state index in [1.165, 1.54) is 6.07 Å². The highest BCUT2D eigenvalue weighted by Gasteiger charge is 2.28. The number of hydrogen-bond acceptors (Lipinski definition) is 3. The van der Waals surface area contributed by atoms with Gasteiger partial charge in [0.15, 0.2) is 0 Å². The van der Waals surface area contributed by atoms with E-state index in [0.717, 1.165) is 17.0 Å². The second kappa shape index (κ2) is 4.63. The van der Waals surface area contributed by atoms with Crippen LogP contribution in [0.15, 0.2) is 23.1 Å². The van der Waals surface area contributed by atoms with Crippen LogP contribution >= 0.6 is 0 Å². The van der Waals surface area contributed by atoms with Crippen LogP contribution in [-0.2, 0) is 24.7 Å². The standard InChI is InChI=1S/C14H15N3O3/c1-17-11-3-2-9(14(19)20)6-10(11)16-13(17)8-4-5-15-12(18)7-8/h4-5,7,9H,2-3,6H2,1H3,(H,15,18)(H,19,20). The number of H-pyrrole nitrogens is 1. The summed E-state index contributed by atoms with van der Waals surface area (Å²) in [5.74, 6) is -0.407. The number of carboxylic acid groups (broad SMARTS) is 1. The molecule has 0 aromatic carbocycles. The molecule has 0 fully saturated rings. The molecule has 0 amide bonds. The molecule has 2 aromatic heterocycles. The third-order valence-electron chi connectivity index (χ3n) is 3.85. The lowest BCUT2D eigenvalue weighted by molar-refractivity contribution is -0.142. The zero-order valence-electron chi connectivity index (χ0n) is 11.1. The fraction of sp³-hybridized carbons (Fsp3) is 0.357. The number of rotatable bonds is 2. The second-order valence-electron chi connectivity index (χ2n) is 5.11. The van der Waals surface area contributed by atoms with E-state index < -0.39 is 5.97 Å². The molecule has 1 aliphatic carbocycles. The molecule has 6 nitrogen and oxygen atoms in total. The molecule has 2 aromatic rings. The maximum absolute atomic E-state index is 11.4. The summed E-state index contributed by atoms with van der Waals surface area (Å²) in [4.78, 5) is 29.6. The number of pyridine rings is 1. The van der Waals surface area contributed by atoms with Crippen LogP contribution < -0.4 is 5.56 Å². The monoisotopic (exact) mass is 273 g/mol. The van der Waals surface area contributed by atoms with E-state index in [1.54, 1.807) is 12.3 Å². The van der Waals surface area contributed by atoms with Gasteiger partial charge in [-0.1, -0.05) is 0 Å². The fourth-order valence-corrected chi connectivity index (χ4v) is 2.76. The zero-order valence-corrected chi connectivity index (χ0v) is 11.1. The summed E-state index contributed by atoms with van der Waals surface area (Å²) in [6.45, 7) is 0. The lowest BCUT2D eigenvalue weighted by atomic mass is 9.90. The molecule has 0 radical (unpaired) electrons. The zero-order chi connectivity index (χ0) is 14.3. The molecule has 0 saturated carbocycles. The average Bonchev–Trinajstić information content (AvgIpc) is 2.75. The van der Waals surface area contributed by atoms with Gasteiger partial charge in [-0.2, -0.15) is 0 Å². The predicted molar refractivity (Wildman–Crippen MR) is 72.4 cm³/mol. The minimum Gasteiger partial charge on any atom is -0.481 e. The number of carbonyl (C=O) groups is 1. The lowest BCUT2D eigenvalue weighted by Gasteiger charge is -2.18. The molecular formula is C14H15N3O3. The summed E-state index contributed by atoms with van der Waals surface area (Å²) in [5.41, 5.74) is 2.48. The lowest BCUT2D eigenvalue weighted by Crippen LogP contribution is -2.22. The molecule has 3 rings (SSSR count). The van der Waals surface area contributed by atoms with Crippen molar-refractivity contribution in [3.05, 3.63) is 40.1 Å². The number of nitrogens with zero attached hydrogens (tertiary/aromatic N) is 2. The van der Waals surface area contributed by atoms with Crippen molar-refractivity contribution in [2.45, 2.75) is 19.3 Å². The summed E-state index contributed by atoms with van der Waals surface area (Å²) in [6.07, 6.45) is 3.39. The molecule has 104 valence electrons. The van der Waals surface area contributed by atoms with Crippen molar-refractivity contribution in [3.8, 4) is 11.4 Å². The first kappa shape index (κ1) is 12.7. The van der Waals surface area contributed by atoms with Crippen LogP contribution in [0.4, 0.5) is 0 Å². The molecule has 2 N–H and O–H groups in total. The normalized spacial score (nSPS) is 17.8. The Hall–Kier alpha value is -2.37. The number of aromatic amines is 1. The van der Waals surface area contributed by atoms with Crippen molar-refractivity contribution < 1.29 is 9.90 Å². The smallest absolute Gasteiger partial charge is 0.306 e. The molecule has 0 saturated heterocycles. The Morgan fingerprint density at radius 3 is 3.05 bits per heavy atom. The van der Waals surface area contributed by atoms with Gasteiger partial charge in [-0.05, 0) is 18.9 Å². The van der Waals surface area contributed by atoms with Crippen molar-refractivity contribution in [3.63, 3.8) is 0 Å². The van der Waals surface area contributed by atoms with Crippen LogP contribution in [0.25, 0.3) is 11.4 Å². The number of fused-ring (bicyclic) bond motifs is 1. The van der Waals surface area contributed by atoms with Gasteiger partial charge in [-0.15, -0.1) is 0 Å². The van der Waals surface area contributed by atoms with Crippen molar-refractivity contribution >= 4 is 5.97 Å². The fourth-order valence-electron chi connectivity index (χ4n) is 2.76. The molecule has 2 heterocycles. The summed E-state index contributed by atoms with van der Waals surface area (Å²) in [7, 11) is 1.91. The molecule has 20 heavy (non-hydrogen) atoms. The Balaban J connectivity index is 2.04. The largest absolute Gasteiger partial charge is 0.481 e. The van der Waals surface area contributed by atoms with E-state index in [1.807, 2.05) is 11.6 Å². The van der Waals surface area contributed by atoms with Gasteiger partial charge < -0.3 is 14.7 Å². The van der Waals surface area contributed by atoms with Crippen LogP contribution in [0.2, 0.25) is 0 Å². The molecule has 1 unspecified atom stereocenters. The molecule has 1 aliphatic rings. The number of aromatic nitrogens is 3. The molecule has 6 heteroatoms. The van der Waals surface area contributed by atoms with Crippen LogP contribution in [0, 0.1) is 5.92 Å². The van der Waals surface area contributed by atoms with Gasteiger partial charge in [-0.3, -0.25) is 9.59 Å². The molecule has 1 atom stereocenters. The van der Waals surface area contributed by atoms with Gasteiger partial charge >= 0.3 is 5.97 Å². The van der Waals surface area contributed by atoms with E-state index in [0.29, 0.717) is 25.1 Å². The Labute approximate surface area is 115 Å². The van der Waals surface area contributed by atoms with Gasteiger partial charge in [0, 0.05) is 37.0 Å². The average molecular weight is 273 g/mol. The number of aliphatic carboxylic acids is 1. The number of nitrogens with one attached hydrogen (secondary N) is 1. The Bertz CT molecular complexity index is 730. The first-order valence-corrected chi connectivity index (χ1v) is 6.52. The number of imidazole rings is 1. The number of carboxylic acids is 1. The predicted octanol–water partition coefficient (Wildman–Crippen LogP) is 0.965. The van der Waals surface area contributed by atoms with Gasteiger partial charge in [0.2, 0.25) is 5.56 Å². The van der Waals surface area contributed by atoms with Crippen molar-refractivity contribution in [2.24, 2.45) is 13.0 Å². The van der Waals surface area contributed by atoms with Gasteiger partial charge in [-0.25, -0.2) is 4.98 Å². The summed E-state index contributed by atoms with van der Waals surface area (Å²) < 4.78 is 1.96. The molecular weight excluding hydrogens is 258 g/mol. The Morgan fingerprint density at radius 1 is 1.55 bits per heavy atom. The second-order valence-corrected chi connectivity index (χ2v) is 5.11. The topological polar surface area (TPSA) is 88.0 Å². The maximum Gasteiger partial charge on any atom is 0.306 e. The molecule has 0 bridgehead atoms. The van der Waals surface area contributed by atoms with E-state index in [2.05, 4.69) is 9.97 Å². The quantitative estimate of drug-likeness (QED) is 0.853. The molecule has 0 spiro atoms. The summed E-state index contributed by atoms with van der Waals surface area (Å²) >= 11 is 0. The minimum atomic E-state index is -0.765. The summed E-state index contributed by atoms with van der Waals surface area (Å²) in [5, 5.41) is 9.11. The van der Waals surface area contributed by atoms with Gasteiger partial charge in [0.1, 0.15) is 5.82 Å². The third kappa shape index (κ3) is 2.03. The first-order chi connectivity index (χ1) is 9.56. The van der Waals surface area contributed by atoms with E-state index >= 15 is 0 Å². The van der Waals surface area contributed by atoms with Crippen LogP contribution in [0.1, 0.15) is 17.8 Å². The Morgan fingerprint density at radius 2 is 2.35 bits per heavy atom. The maximum atomic E-state index is 11.4. The highest BCUT2D eigenvalue weighted by molar-refractivity contribution is 5.71. The SMILES string of the molecule is Cn1c(-c2cc[nH]c(=O)c2)nc2c1CCC(C(=O)O)C2. The minimum absolute atomic E-state index is 0.174. The highest BCUT2D eigenvalue weighted by atomic mass is 16.4. The highest BCUT2D eigenvalue weighted by Crippen LogP contribution is 2.29. The summed E-state index contributed by atoms with van der Waals surface area (Å²) in [6, 6.07) is 3.30. The van der Waals surface area contributed by atoms with Crippen LogP contribution in [-0.4, -0.2) is 25.6 Å². The molecule has 0 aliphatic heterocycles. The van der Waals surface area contributed by atoms with Gasteiger partial charge in [0.05, 0.1) is 11.6 Å². The van der Waals surface area contributed by atoms with Crippen LogP contribution in [0.3, 0.4) is 0 Å². The van der Waals surface area contributed by atoms with E-state index in [-0.39, 0.29) is 11.5 Å². The third-order valence-corrected chi connectivity index (χ3v) is 3.85. The van der Waals surface area contributed by atoms with E-state index in [4.69, 9.17) is 5.11 Å². The van der Waals surface area contributed by atoms with Crippen molar-refractivity contribution in [1.29, 1.82) is 0 Å². The Kier molecular flexibility index (Phi) is 2.93. The van der Waals surface area contributed by atoms with Crippen LogP contribution in [0.5, 0.6) is 0 Å². The van der Waals surface area contributed by atoms with Gasteiger partial charge in [0.25, 0.3) is 0 Å². The van der Waals surface area contributed by atoms with E-state index in [9.17, 15) is 9.59 Å². The first-order valence-electron chi connectivity index (χ1n) is 6.52. The van der Waals surface area contributed by atoms with Crippen molar-refractivity contribution in [2.75, 3.05) is 0 Å². The number of hydrogen-bond donors (Lipinski definition) is 2.